The zero-order valence-corrected chi connectivity index (χ0v) is 34.5. The first-order valence-corrected chi connectivity index (χ1v) is 20.8. The molecule has 6 atom stereocenters. The molecule has 0 unspecified atom stereocenters. The molecule has 1 saturated heterocycles. The molecule has 0 radical (unpaired) electrons. The van der Waals surface area contributed by atoms with E-state index in [2.05, 4.69) is 80.7 Å². The molecule has 4 N–H and O–H groups in total. The third-order valence-electron chi connectivity index (χ3n) is 11.8. The number of thiophene rings is 1. The number of piperidine rings is 1. The Morgan fingerprint density at radius 2 is 1.63 bits per heavy atom. The molecule has 0 spiro atoms. The van der Waals surface area contributed by atoms with Crippen LogP contribution in [-0.4, -0.2) is 92.6 Å². The molecule has 3 aromatic heterocycles. The van der Waals surface area contributed by atoms with Gasteiger partial charge in [-0.2, -0.15) is 0 Å². The zero-order valence-electron chi connectivity index (χ0n) is 33.7. The summed E-state index contributed by atoms with van der Waals surface area (Å²) < 4.78 is 11.7. The summed E-state index contributed by atoms with van der Waals surface area (Å²) in [6, 6.07) is 17.1. The number of methoxy groups -OCH3 is 2. The Labute approximate surface area is 345 Å². The second kappa shape index (κ2) is 16.2. The van der Waals surface area contributed by atoms with Gasteiger partial charge in [-0.3, -0.25) is 9.59 Å². The monoisotopic (exact) mass is 816 g/mol. The molecular formula is C44H48N8O6S. The van der Waals surface area contributed by atoms with Gasteiger partial charge < -0.3 is 39.9 Å². The second-order valence-corrected chi connectivity index (χ2v) is 16.5. The van der Waals surface area contributed by atoms with Crippen LogP contribution in [0, 0.1) is 5.92 Å². The van der Waals surface area contributed by atoms with Gasteiger partial charge in [0, 0.05) is 38.3 Å². The topological polar surface area (TPSA) is 175 Å². The van der Waals surface area contributed by atoms with Gasteiger partial charge in [0.1, 0.15) is 23.7 Å². The lowest BCUT2D eigenvalue weighted by Crippen LogP contribution is -2.50. The molecule has 2 fully saturated rings. The van der Waals surface area contributed by atoms with E-state index in [0.29, 0.717) is 18.3 Å². The highest BCUT2D eigenvalue weighted by Crippen LogP contribution is 2.50. The number of amides is 4. The van der Waals surface area contributed by atoms with E-state index in [1.165, 1.54) is 25.7 Å². The van der Waals surface area contributed by atoms with Crippen LogP contribution in [0.25, 0.3) is 53.6 Å². The number of carbonyl (C=O) groups excluding carboxylic acids is 4. The normalized spacial score (nSPS) is 18.8. The SMILES string of the molecule is C=C[C@H](NC(=O)OC)C(=O)N(CCC)[C@@H](C)c1ncc(-c2ccc3c(c2)sc2cc(-c4ccc5nc([C@@H]6[C@H]7CC[C@H](C7)N6C(=O)[C@H](C)NC(=O)OC)[nH]c5c4)ccc23)[nH]1. The van der Waals surface area contributed by atoms with Crippen LogP contribution >= 0.6 is 11.3 Å². The molecular weight excluding hydrogens is 769 g/mol. The predicted octanol–water partition coefficient (Wildman–Crippen LogP) is 7.99. The summed E-state index contributed by atoms with van der Waals surface area (Å²) in [6.07, 6.45) is 5.49. The Morgan fingerprint density at radius 3 is 2.34 bits per heavy atom. The van der Waals surface area contributed by atoms with Gasteiger partial charge in [-0.25, -0.2) is 19.6 Å². The van der Waals surface area contributed by atoms with Gasteiger partial charge in [0.15, 0.2) is 0 Å². The van der Waals surface area contributed by atoms with E-state index in [-0.39, 0.29) is 29.9 Å². The Morgan fingerprint density at radius 1 is 0.949 bits per heavy atom. The molecule has 2 aliphatic rings. The van der Waals surface area contributed by atoms with Crippen molar-refractivity contribution in [2.75, 3.05) is 20.8 Å². The lowest BCUT2D eigenvalue weighted by molar-refractivity contribution is -0.137. The fourth-order valence-electron chi connectivity index (χ4n) is 8.82. The van der Waals surface area contributed by atoms with E-state index < -0.39 is 24.3 Å². The van der Waals surface area contributed by atoms with E-state index in [0.717, 1.165) is 79.7 Å². The van der Waals surface area contributed by atoms with Gasteiger partial charge >= 0.3 is 12.2 Å². The van der Waals surface area contributed by atoms with Gasteiger partial charge in [0.05, 0.1) is 49.2 Å². The van der Waals surface area contributed by atoms with Crippen molar-refractivity contribution in [3.05, 3.63) is 85.1 Å². The van der Waals surface area contributed by atoms with Crippen LogP contribution < -0.4 is 10.6 Å². The van der Waals surface area contributed by atoms with Crippen LogP contribution in [0.1, 0.15) is 70.2 Å². The first kappa shape index (κ1) is 39.6. The van der Waals surface area contributed by atoms with E-state index in [1.807, 2.05) is 24.8 Å². The average Bonchev–Trinajstić information content (AvgIpc) is 4.10. The summed E-state index contributed by atoms with van der Waals surface area (Å²) in [5.41, 5.74) is 5.70. The molecule has 3 aromatic carbocycles. The Balaban J connectivity index is 1.02. The highest BCUT2D eigenvalue weighted by Gasteiger charge is 2.50. The van der Waals surface area contributed by atoms with E-state index in [4.69, 9.17) is 14.5 Å². The van der Waals surface area contributed by atoms with Crippen molar-refractivity contribution in [2.24, 2.45) is 5.92 Å². The molecule has 1 aliphatic heterocycles. The Kier molecular flexibility index (Phi) is 10.9. The van der Waals surface area contributed by atoms with Crippen molar-refractivity contribution in [1.82, 2.24) is 40.4 Å². The average molecular weight is 817 g/mol. The summed E-state index contributed by atoms with van der Waals surface area (Å²) in [7, 11) is 2.54. The molecule has 1 aliphatic carbocycles. The van der Waals surface area contributed by atoms with Crippen LogP contribution in [-0.2, 0) is 19.1 Å². The number of nitrogens with zero attached hydrogens (tertiary/aromatic N) is 4. The number of aromatic nitrogens is 4. The summed E-state index contributed by atoms with van der Waals surface area (Å²) in [5.74, 6) is 1.30. The van der Waals surface area contributed by atoms with Gasteiger partial charge in [-0.15, -0.1) is 17.9 Å². The number of carbonyl (C=O) groups is 4. The van der Waals surface area contributed by atoms with Gasteiger partial charge in [0.25, 0.3) is 0 Å². The summed E-state index contributed by atoms with van der Waals surface area (Å²) >= 11 is 1.73. The fraction of sp³-hybridized carbons (Fsp3) is 0.364. The molecule has 6 aromatic rings. The minimum Gasteiger partial charge on any atom is -0.453 e. The lowest BCUT2D eigenvalue weighted by Gasteiger charge is -2.35. The third kappa shape index (κ3) is 7.39. The Hall–Kier alpha value is -6.22. The highest BCUT2D eigenvalue weighted by atomic mass is 32.1. The van der Waals surface area contributed by atoms with Crippen molar-refractivity contribution in [2.45, 2.75) is 76.7 Å². The third-order valence-corrected chi connectivity index (χ3v) is 12.9. The quantitative estimate of drug-likeness (QED) is 0.0900. The van der Waals surface area contributed by atoms with Crippen molar-refractivity contribution >= 4 is 66.5 Å². The van der Waals surface area contributed by atoms with Crippen molar-refractivity contribution in [3.8, 4) is 22.4 Å². The number of H-pyrrole nitrogens is 2. The molecule has 306 valence electrons. The minimum absolute atomic E-state index is 0.126. The number of alkyl carbamates (subject to hydrolysis) is 2. The number of likely N-dealkylation sites (tertiary alicyclic amines) is 1. The number of nitrogens with one attached hydrogen (secondary N) is 4. The van der Waals surface area contributed by atoms with Gasteiger partial charge in [-0.05, 0) is 80.8 Å². The van der Waals surface area contributed by atoms with Crippen LogP contribution in [0.4, 0.5) is 9.59 Å². The van der Waals surface area contributed by atoms with Crippen LogP contribution in [0.2, 0.25) is 0 Å². The van der Waals surface area contributed by atoms with E-state index in [1.54, 1.807) is 29.4 Å². The van der Waals surface area contributed by atoms with Crippen molar-refractivity contribution in [1.29, 1.82) is 0 Å². The van der Waals surface area contributed by atoms with E-state index >= 15 is 0 Å². The molecule has 14 nitrogen and oxygen atoms in total. The molecule has 1 saturated carbocycles. The minimum atomic E-state index is -0.932. The highest BCUT2D eigenvalue weighted by molar-refractivity contribution is 7.25. The smallest absolute Gasteiger partial charge is 0.407 e. The van der Waals surface area contributed by atoms with Crippen LogP contribution in [0.5, 0.6) is 0 Å². The Bertz CT molecular complexity index is 2600. The number of hydrogen-bond donors (Lipinski definition) is 4. The first-order chi connectivity index (χ1) is 28.5. The fourth-order valence-corrected chi connectivity index (χ4v) is 10.0. The van der Waals surface area contributed by atoms with Crippen molar-refractivity contribution in [3.63, 3.8) is 0 Å². The van der Waals surface area contributed by atoms with Crippen LogP contribution in [0.3, 0.4) is 0 Å². The molecule has 59 heavy (non-hydrogen) atoms. The number of hydrogen-bond acceptors (Lipinski definition) is 9. The summed E-state index contributed by atoms with van der Waals surface area (Å²) in [4.78, 5) is 71.1. The summed E-state index contributed by atoms with van der Waals surface area (Å²) in [5, 5.41) is 7.51. The first-order valence-electron chi connectivity index (χ1n) is 20.0. The maximum absolute atomic E-state index is 13.6. The zero-order chi connectivity index (χ0) is 41.5. The lowest BCUT2D eigenvalue weighted by atomic mass is 9.97. The van der Waals surface area contributed by atoms with Crippen LogP contribution in [0.15, 0.2) is 73.4 Å². The maximum atomic E-state index is 13.6. The maximum Gasteiger partial charge on any atom is 0.407 e. The number of imidazole rings is 2. The number of aromatic amines is 2. The molecule has 15 heteroatoms. The largest absolute Gasteiger partial charge is 0.453 e. The predicted molar refractivity (Wildman–Crippen MR) is 228 cm³/mol. The van der Waals surface area contributed by atoms with Crippen molar-refractivity contribution < 1.29 is 28.7 Å². The number of benzene rings is 3. The number of fused-ring (bicyclic) bond motifs is 6. The molecule has 8 rings (SSSR count). The second-order valence-electron chi connectivity index (χ2n) is 15.4. The van der Waals surface area contributed by atoms with Gasteiger partial charge in [-0.1, -0.05) is 43.3 Å². The van der Waals surface area contributed by atoms with E-state index in [9.17, 15) is 19.2 Å². The number of rotatable bonds is 12. The standard InChI is InChI=1S/C44H48N8O6S/c1-7-17-51(42(54)32(8-2)50-44(56)58-6)24(4)39-45-22-35(49-39)27-11-15-31-30-14-10-26(20-36(30)59-37(31)21-27)25-12-16-33-34(19-25)48-40(47-33)38-28-9-13-29(18-28)52(38)41(53)23(3)46-43(55)57-5/h8,10-12,14-16,19-24,28-29,32,38H,2,7,9,13,17-18H2,1,3-6H3,(H,45,49)(H,46,55)(H,47,48)(H,50,56)/t23-,24-,28-,29+,32-,38-/m0/s1. The molecule has 4 heterocycles. The number of ether oxygens (including phenoxy) is 2. The molecule has 2 bridgehead atoms. The molecule has 4 amide bonds. The van der Waals surface area contributed by atoms with Gasteiger partial charge in [0.2, 0.25) is 11.8 Å². The summed E-state index contributed by atoms with van der Waals surface area (Å²) in [6.45, 7) is 9.80.